The van der Waals surface area contributed by atoms with E-state index in [4.69, 9.17) is 5.26 Å². The van der Waals surface area contributed by atoms with E-state index in [1.807, 2.05) is 6.07 Å². The van der Waals surface area contributed by atoms with Crippen molar-refractivity contribution in [3.63, 3.8) is 0 Å². The number of nitrogens with one attached hydrogen (secondary N) is 1. The first-order valence-corrected chi connectivity index (χ1v) is 7.92. The number of hydrogen-bond donors (Lipinski definition) is 1. The molecule has 19 heavy (non-hydrogen) atoms. The van der Waals surface area contributed by atoms with Crippen LogP contribution in [0, 0.1) is 11.3 Å². The van der Waals surface area contributed by atoms with Gasteiger partial charge in [-0.1, -0.05) is 6.07 Å². The second-order valence-electron chi connectivity index (χ2n) is 3.94. The Morgan fingerprint density at radius 1 is 1.63 bits per heavy atom. The van der Waals surface area contributed by atoms with Crippen LogP contribution in [0.1, 0.15) is 13.3 Å². The number of likely N-dealkylation sites (N-methyl/N-ethyl adjacent to an activating group) is 1. The average molecular weight is 301 g/mol. The maximum Gasteiger partial charge on any atom is 0.250 e. The van der Waals surface area contributed by atoms with Crippen LogP contribution in [-0.4, -0.2) is 38.9 Å². The van der Waals surface area contributed by atoms with Crippen LogP contribution in [0.3, 0.4) is 0 Å². The fourth-order valence-electron chi connectivity index (χ4n) is 1.42. The summed E-state index contributed by atoms with van der Waals surface area (Å²) in [5.74, 6) is -0.365. The van der Waals surface area contributed by atoms with Crippen LogP contribution in [0.5, 0.6) is 0 Å². The van der Waals surface area contributed by atoms with Gasteiger partial charge in [-0.25, -0.2) is 8.42 Å². The quantitative estimate of drug-likeness (QED) is 0.841. The number of thiophene rings is 1. The summed E-state index contributed by atoms with van der Waals surface area (Å²) in [5.41, 5.74) is 0. The highest BCUT2D eigenvalue weighted by Crippen LogP contribution is 2.15. The Balaban J connectivity index is 2.67. The Morgan fingerprint density at radius 2 is 2.32 bits per heavy atom. The van der Waals surface area contributed by atoms with Crippen molar-refractivity contribution in [1.82, 2.24) is 9.62 Å². The Hall–Kier alpha value is -1.43. The third-order valence-corrected chi connectivity index (χ3v) is 5.34. The molecule has 8 heteroatoms. The number of nitrogens with zero attached hydrogens (tertiary/aromatic N) is 2. The van der Waals surface area contributed by atoms with E-state index in [0.717, 1.165) is 11.3 Å². The van der Waals surface area contributed by atoms with Gasteiger partial charge < -0.3 is 4.90 Å². The van der Waals surface area contributed by atoms with Crippen molar-refractivity contribution < 1.29 is 13.2 Å². The number of amides is 1. The molecule has 0 radical (unpaired) electrons. The SMILES string of the molecule is C[C@H](NS(=O)(=O)c1cccs1)C(=O)N(C)CCC#N. The summed E-state index contributed by atoms with van der Waals surface area (Å²) < 4.78 is 26.3. The number of carbonyl (C=O) groups is 1. The zero-order chi connectivity index (χ0) is 14.5. The molecule has 0 spiro atoms. The molecule has 6 nitrogen and oxygen atoms in total. The van der Waals surface area contributed by atoms with Gasteiger partial charge in [-0.15, -0.1) is 11.3 Å². The van der Waals surface area contributed by atoms with Crippen molar-refractivity contribution >= 4 is 27.3 Å². The lowest BCUT2D eigenvalue weighted by Gasteiger charge is -2.20. The summed E-state index contributed by atoms with van der Waals surface area (Å²) in [4.78, 5) is 13.2. The number of hydrogen-bond acceptors (Lipinski definition) is 5. The van der Waals surface area contributed by atoms with Gasteiger partial charge in [0.15, 0.2) is 0 Å². The highest BCUT2D eigenvalue weighted by atomic mass is 32.2. The molecule has 0 saturated carbocycles. The highest BCUT2D eigenvalue weighted by molar-refractivity contribution is 7.91. The minimum atomic E-state index is -3.66. The molecule has 1 rings (SSSR count). The molecule has 0 bridgehead atoms. The molecule has 1 N–H and O–H groups in total. The number of carbonyl (C=O) groups excluding carboxylic acids is 1. The molecule has 104 valence electrons. The molecule has 1 aromatic heterocycles. The van der Waals surface area contributed by atoms with Crippen LogP contribution >= 0.6 is 11.3 Å². The van der Waals surface area contributed by atoms with Gasteiger partial charge in [-0.2, -0.15) is 9.98 Å². The first kappa shape index (κ1) is 15.6. The summed E-state index contributed by atoms with van der Waals surface area (Å²) in [6.07, 6.45) is 0.215. The number of rotatable bonds is 6. The summed E-state index contributed by atoms with van der Waals surface area (Å²) in [6.45, 7) is 1.76. The smallest absolute Gasteiger partial charge is 0.250 e. The molecule has 1 heterocycles. The van der Waals surface area contributed by atoms with Crippen molar-refractivity contribution in [3.8, 4) is 6.07 Å². The van der Waals surface area contributed by atoms with Crippen LogP contribution in [-0.2, 0) is 14.8 Å². The normalized spacial score (nSPS) is 12.7. The zero-order valence-corrected chi connectivity index (χ0v) is 12.3. The van der Waals surface area contributed by atoms with Crippen LogP contribution in [0.25, 0.3) is 0 Å². The molecule has 1 atom stereocenters. The maximum absolute atomic E-state index is 11.9. The second-order valence-corrected chi connectivity index (χ2v) is 6.83. The Bertz CT molecular complexity index is 561. The molecule has 0 aliphatic carbocycles. The maximum atomic E-state index is 11.9. The van der Waals surface area contributed by atoms with Crippen LogP contribution in [0.4, 0.5) is 0 Å². The van der Waals surface area contributed by atoms with Gasteiger partial charge in [-0.05, 0) is 18.4 Å². The summed E-state index contributed by atoms with van der Waals surface area (Å²) in [5, 5.41) is 10.1. The lowest BCUT2D eigenvalue weighted by atomic mass is 10.3. The average Bonchev–Trinajstić information content (AvgIpc) is 2.88. The van der Waals surface area contributed by atoms with Gasteiger partial charge in [0.2, 0.25) is 5.91 Å². The Kier molecular flexibility index (Phi) is 5.47. The molecular formula is C11H15N3O3S2. The Labute approximate surface area is 116 Å². The molecule has 1 aromatic rings. The topological polar surface area (TPSA) is 90.3 Å². The lowest BCUT2D eigenvalue weighted by molar-refractivity contribution is -0.131. The molecule has 0 fully saturated rings. The van der Waals surface area contributed by atoms with Gasteiger partial charge in [0.1, 0.15) is 4.21 Å². The fraction of sp³-hybridized carbons (Fsp3) is 0.455. The van der Waals surface area contributed by atoms with Gasteiger partial charge in [0, 0.05) is 13.6 Å². The largest absolute Gasteiger partial charge is 0.343 e. The van der Waals surface area contributed by atoms with E-state index in [1.54, 1.807) is 11.4 Å². The van der Waals surface area contributed by atoms with Crippen molar-refractivity contribution in [2.45, 2.75) is 23.6 Å². The molecule has 0 saturated heterocycles. The Morgan fingerprint density at radius 3 is 2.84 bits per heavy atom. The summed E-state index contributed by atoms with van der Waals surface area (Å²) >= 11 is 1.09. The van der Waals surface area contributed by atoms with Crippen LogP contribution in [0.2, 0.25) is 0 Å². The second kappa shape index (κ2) is 6.65. The zero-order valence-electron chi connectivity index (χ0n) is 10.7. The van der Waals surface area contributed by atoms with Crippen molar-refractivity contribution in [1.29, 1.82) is 5.26 Å². The third kappa shape index (κ3) is 4.31. The summed E-state index contributed by atoms with van der Waals surface area (Å²) in [6, 6.07) is 4.17. The molecule has 1 amide bonds. The van der Waals surface area contributed by atoms with E-state index in [2.05, 4.69) is 4.72 Å². The molecular weight excluding hydrogens is 286 g/mol. The number of nitriles is 1. The number of sulfonamides is 1. The molecule has 0 aromatic carbocycles. The van der Waals surface area contributed by atoms with Gasteiger partial charge in [0.05, 0.1) is 18.5 Å². The van der Waals surface area contributed by atoms with E-state index >= 15 is 0 Å². The van der Waals surface area contributed by atoms with E-state index < -0.39 is 16.1 Å². The highest BCUT2D eigenvalue weighted by Gasteiger charge is 2.24. The minimum absolute atomic E-state index is 0.173. The lowest BCUT2D eigenvalue weighted by Crippen LogP contribution is -2.45. The van der Waals surface area contributed by atoms with Crippen molar-refractivity contribution in [2.24, 2.45) is 0 Å². The predicted octanol–water partition coefficient (Wildman–Crippen LogP) is 0.787. The van der Waals surface area contributed by atoms with E-state index in [0.29, 0.717) is 0 Å². The molecule has 0 aliphatic heterocycles. The van der Waals surface area contributed by atoms with Gasteiger partial charge in [0.25, 0.3) is 10.0 Å². The van der Waals surface area contributed by atoms with E-state index in [1.165, 1.54) is 24.9 Å². The van der Waals surface area contributed by atoms with Crippen LogP contribution < -0.4 is 4.72 Å². The van der Waals surface area contributed by atoms with Crippen molar-refractivity contribution in [2.75, 3.05) is 13.6 Å². The molecule has 0 unspecified atom stereocenters. The first-order chi connectivity index (χ1) is 8.88. The predicted molar refractivity (Wildman–Crippen MR) is 72.0 cm³/mol. The van der Waals surface area contributed by atoms with Crippen molar-refractivity contribution in [3.05, 3.63) is 17.5 Å². The van der Waals surface area contributed by atoms with Gasteiger partial charge in [-0.3, -0.25) is 4.79 Å². The van der Waals surface area contributed by atoms with E-state index in [-0.39, 0.29) is 23.1 Å². The van der Waals surface area contributed by atoms with Gasteiger partial charge >= 0.3 is 0 Å². The first-order valence-electron chi connectivity index (χ1n) is 5.56. The summed E-state index contributed by atoms with van der Waals surface area (Å²) in [7, 11) is -2.12. The third-order valence-electron chi connectivity index (χ3n) is 2.40. The molecule has 0 aliphatic rings. The van der Waals surface area contributed by atoms with Crippen LogP contribution in [0.15, 0.2) is 21.7 Å². The van der Waals surface area contributed by atoms with E-state index in [9.17, 15) is 13.2 Å². The standard InChI is InChI=1S/C11H15N3O3S2/c1-9(11(15)14(2)7-4-6-12)13-19(16,17)10-5-3-8-18-10/h3,5,8-9,13H,4,7H2,1-2H3/t9-/m0/s1. The fourth-order valence-corrected chi connectivity index (χ4v) is 3.62. The minimum Gasteiger partial charge on any atom is -0.343 e. The monoisotopic (exact) mass is 301 g/mol.